The highest BCUT2D eigenvalue weighted by molar-refractivity contribution is 5.87. The minimum absolute atomic E-state index is 0.204. The zero-order chi connectivity index (χ0) is 15.2. The molecule has 0 aliphatic carbocycles. The quantitative estimate of drug-likeness (QED) is 0.828. The fraction of sp³-hybridized carbons (Fsp3) is 0.250. The van der Waals surface area contributed by atoms with Gasteiger partial charge in [-0.2, -0.15) is 0 Å². The largest absolute Gasteiger partial charge is 0.494 e. The molecule has 0 fully saturated rings. The second kappa shape index (κ2) is 6.74. The number of ether oxygens (including phenoxy) is 1. The first kappa shape index (κ1) is 14.8. The SMILES string of the molecule is Cc1cc(=O)c(C(=O)O)cn1CCCOc1ccccc1. The molecule has 1 aromatic carbocycles. The Morgan fingerprint density at radius 3 is 2.67 bits per heavy atom. The van der Waals surface area contributed by atoms with Crippen LogP contribution in [0, 0.1) is 6.92 Å². The van der Waals surface area contributed by atoms with E-state index >= 15 is 0 Å². The highest BCUT2D eigenvalue weighted by Gasteiger charge is 2.10. The molecule has 0 aliphatic rings. The van der Waals surface area contributed by atoms with Gasteiger partial charge in [-0.15, -0.1) is 0 Å². The minimum atomic E-state index is -1.20. The lowest BCUT2D eigenvalue weighted by Crippen LogP contribution is -2.19. The molecule has 5 nitrogen and oxygen atoms in total. The number of carbonyl (C=O) groups is 1. The van der Waals surface area contributed by atoms with Gasteiger partial charge >= 0.3 is 5.97 Å². The molecule has 1 heterocycles. The Morgan fingerprint density at radius 1 is 1.29 bits per heavy atom. The minimum Gasteiger partial charge on any atom is -0.494 e. The summed E-state index contributed by atoms with van der Waals surface area (Å²) in [6.45, 7) is 2.91. The van der Waals surface area contributed by atoms with Gasteiger partial charge in [0.05, 0.1) is 6.61 Å². The van der Waals surface area contributed by atoms with Crippen LogP contribution in [0.25, 0.3) is 0 Å². The van der Waals surface area contributed by atoms with Crippen molar-refractivity contribution >= 4 is 5.97 Å². The Kier molecular flexibility index (Phi) is 4.77. The van der Waals surface area contributed by atoms with E-state index in [1.165, 1.54) is 12.3 Å². The molecule has 5 heteroatoms. The number of para-hydroxylation sites is 1. The van der Waals surface area contributed by atoms with Gasteiger partial charge in [0.1, 0.15) is 11.3 Å². The Balaban J connectivity index is 1.95. The lowest BCUT2D eigenvalue weighted by atomic mass is 10.2. The van der Waals surface area contributed by atoms with Crippen molar-refractivity contribution in [2.45, 2.75) is 19.9 Å². The van der Waals surface area contributed by atoms with Crippen LogP contribution in [-0.4, -0.2) is 22.2 Å². The predicted molar refractivity (Wildman–Crippen MR) is 79.0 cm³/mol. The van der Waals surface area contributed by atoms with E-state index in [-0.39, 0.29) is 5.56 Å². The molecular weight excluding hydrogens is 270 g/mol. The fourth-order valence-corrected chi connectivity index (χ4v) is 2.01. The number of rotatable bonds is 6. The van der Waals surface area contributed by atoms with Crippen molar-refractivity contribution < 1.29 is 14.6 Å². The summed E-state index contributed by atoms with van der Waals surface area (Å²) in [4.78, 5) is 22.5. The van der Waals surface area contributed by atoms with E-state index in [9.17, 15) is 9.59 Å². The van der Waals surface area contributed by atoms with Gasteiger partial charge in [-0.05, 0) is 25.5 Å². The van der Waals surface area contributed by atoms with Gasteiger partial charge in [-0.3, -0.25) is 4.79 Å². The number of aromatic carboxylic acids is 1. The van der Waals surface area contributed by atoms with E-state index in [1.807, 2.05) is 30.3 Å². The number of hydrogen-bond donors (Lipinski definition) is 1. The van der Waals surface area contributed by atoms with E-state index in [0.29, 0.717) is 13.2 Å². The maximum atomic E-state index is 11.5. The first-order chi connectivity index (χ1) is 10.1. The molecule has 0 radical (unpaired) electrons. The average molecular weight is 287 g/mol. The van der Waals surface area contributed by atoms with Crippen LogP contribution in [0.3, 0.4) is 0 Å². The zero-order valence-electron chi connectivity index (χ0n) is 11.8. The van der Waals surface area contributed by atoms with E-state index in [4.69, 9.17) is 9.84 Å². The van der Waals surface area contributed by atoms with Crippen molar-refractivity contribution in [2.24, 2.45) is 0 Å². The molecule has 0 saturated carbocycles. The summed E-state index contributed by atoms with van der Waals surface area (Å²) in [7, 11) is 0. The molecule has 1 N–H and O–H groups in total. The van der Waals surface area contributed by atoms with Gasteiger partial charge in [-0.1, -0.05) is 18.2 Å². The Labute approximate surface area is 122 Å². The summed E-state index contributed by atoms with van der Waals surface area (Å²) in [5, 5.41) is 8.96. The topological polar surface area (TPSA) is 68.5 Å². The summed E-state index contributed by atoms with van der Waals surface area (Å²) >= 11 is 0. The number of aryl methyl sites for hydroxylation is 2. The predicted octanol–water partition coefficient (Wildman–Crippen LogP) is 2.32. The molecule has 1 aromatic heterocycles. The third-order valence-corrected chi connectivity index (χ3v) is 3.13. The lowest BCUT2D eigenvalue weighted by Gasteiger charge is -2.12. The molecule has 0 atom stereocenters. The lowest BCUT2D eigenvalue weighted by molar-refractivity contribution is 0.0694. The number of carboxylic acids is 1. The van der Waals surface area contributed by atoms with Gasteiger partial charge in [0, 0.05) is 24.5 Å². The summed E-state index contributed by atoms with van der Waals surface area (Å²) in [5.41, 5.74) is 0.0751. The van der Waals surface area contributed by atoms with E-state index < -0.39 is 11.4 Å². The van der Waals surface area contributed by atoms with E-state index in [0.717, 1.165) is 17.9 Å². The fourth-order valence-electron chi connectivity index (χ4n) is 2.01. The van der Waals surface area contributed by atoms with Crippen LogP contribution >= 0.6 is 0 Å². The Hall–Kier alpha value is -2.56. The number of hydrogen-bond acceptors (Lipinski definition) is 3. The van der Waals surface area contributed by atoms with Gasteiger partial charge in [0.2, 0.25) is 0 Å². The molecule has 0 bridgehead atoms. The van der Waals surface area contributed by atoms with Crippen LogP contribution in [-0.2, 0) is 6.54 Å². The standard InChI is InChI=1S/C16H17NO4/c1-12-10-15(18)14(16(19)20)11-17(12)8-5-9-21-13-6-3-2-4-7-13/h2-4,6-7,10-11H,5,8-9H2,1H3,(H,19,20). The second-order valence-electron chi connectivity index (χ2n) is 4.71. The highest BCUT2D eigenvalue weighted by Crippen LogP contribution is 2.09. The first-order valence-corrected chi connectivity index (χ1v) is 6.70. The molecule has 0 aliphatic heterocycles. The van der Waals surface area contributed by atoms with Crippen molar-refractivity contribution in [1.29, 1.82) is 0 Å². The molecule has 0 saturated heterocycles. The molecular formula is C16H17NO4. The van der Waals surface area contributed by atoms with E-state index in [1.54, 1.807) is 11.5 Å². The van der Waals surface area contributed by atoms with Crippen LogP contribution in [0.5, 0.6) is 5.75 Å². The smallest absolute Gasteiger partial charge is 0.341 e. The number of aromatic nitrogens is 1. The third kappa shape index (κ3) is 3.95. The van der Waals surface area contributed by atoms with Crippen molar-refractivity contribution in [3.05, 3.63) is 64.1 Å². The molecule has 0 spiro atoms. The van der Waals surface area contributed by atoms with Crippen LogP contribution in [0.15, 0.2) is 47.4 Å². The number of benzene rings is 1. The van der Waals surface area contributed by atoms with Crippen molar-refractivity contribution in [1.82, 2.24) is 4.57 Å². The van der Waals surface area contributed by atoms with Crippen LogP contribution in [0.2, 0.25) is 0 Å². The molecule has 110 valence electrons. The van der Waals surface area contributed by atoms with Crippen molar-refractivity contribution in [3.63, 3.8) is 0 Å². The van der Waals surface area contributed by atoms with Crippen LogP contribution in [0.4, 0.5) is 0 Å². The van der Waals surface area contributed by atoms with Gasteiger partial charge in [0.25, 0.3) is 0 Å². The summed E-state index contributed by atoms with van der Waals surface area (Å²) in [6, 6.07) is 10.8. The van der Waals surface area contributed by atoms with Gasteiger partial charge in [0.15, 0.2) is 5.43 Å². The highest BCUT2D eigenvalue weighted by atomic mass is 16.5. The first-order valence-electron chi connectivity index (χ1n) is 6.70. The maximum Gasteiger partial charge on any atom is 0.341 e. The normalized spacial score (nSPS) is 10.3. The van der Waals surface area contributed by atoms with Gasteiger partial charge in [-0.25, -0.2) is 4.79 Å². The van der Waals surface area contributed by atoms with Crippen molar-refractivity contribution in [2.75, 3.05) is 6.61 Å². The summed E-state index contributed by atoms with van der Waals surface area (Å²) < 4.78 is 7.34. The number of nitrogens with zero attached hydrogens (tertiary/aromatic N) is 1. The van der Waals surface area contributed by atoms with Crippen LogP contribution in [0.1, 0.15) is 22.5 Å². The van der Waals surface area contributed by atoms with Crippen LogP contribution < -0.4 is 10.2 Å². The molecule has 2 rings (SSSR count). The molecule has 21 heavy (non-hydrogen) atoms. The molecule has 0 amide bonds. The second-order valence-corrected chi connectivity index (χ2v) is 4.71. The Morgan fingerprint density at radius 2 is 2.00 bits per heavy atom. The average Bonchev–Trinajstić information content (AvgIpc) is 2.46. The Bertz CT molecular complexity index is 676. The number of carboxylic acid groups (broad SMARTS) is 1. The molecule has 2 aromatic rings. The molecule has 0 unspecified atom stereocenters. The summed E-state index contributed by atoms with van der Waals surface area (Å²) in [6.07, 6.45) is 2.11. The number of pyridine rings is 1. The maximum absolute atomic E-state index is 11.5. The zero-order valence-corrected chi connectivity index (χ0v) is 11.8. The van der Waals surface area contributed by atoms with Gasteiger partial charge < -0.3 is 14.4 Å². The van der Waals surface area contributed by atoms with E-state index in [2.05, 4.69) is 0 Å². The van der Waals surface area contributed by atoms with Crippen molar-refractivity contribution in [3.8, 4) is 5.75 Å². The third-order valence-electron chi connectivity index (χ3n) is 3.13. The summed E-state index contributed by atoms with van der Waals surface area (Å²) in [5.74, 6) is -0.394. The monoisotopic (exact) mass is 287 g/mol.